The third-order valence-electron chi connectivity index (χ3n) is 4.09. The van der Waals surface area contributed by atoms with Crippen molar-refractivity contribution in [3.8, 4) is 17.2 Å². The molecule has 0 aliphatic heterocycles. The summed E-state index contributed by atoms with van der Waals surface area (Å²) in [6.07, 6.45) is 0.427. The summed E-state index contributed by atoms with van der Waals surface area (Å²) >= 11 is 0. The minimum absolute atomic E-state index is 0.0212. The van der Waals surface area contributed by atoms with Crippen LogP contribution >= 0.6 is 0 Å². The molecule has 1 aromatic heterocycles. The maximum atomic E-state index is 11.2. The van der Waals surface area contributed by atoms with E-state index in [0.717, 1.165) is 11.1 Å². The SMILES string of the molecule is N#Cc1ccnc(NCC(O)c2ccc(-c3ccccc3)cc2)c1[N+](=O)[O-]. The Morgan fingerprint density at radius 3 is 2.41 bits per heavy atom. The molecule has 0 radical (unpaired) electrons. The van der Waals surface area contributed by atoms with Gasteiger partial charge < -0.3 is 10.4 Å². The monoisotopic (exact) mass is 360 g/mol. The lowest BCUT2D eigenvalue weighted by molar-refractivity contribution is -0.384. The second kappa shape index (κ2) is 8.08. The second-order valence-corrected chi connectivity index (χ2v) is 5.81. The van der Waals surface area contributed by atoms with Gasteiger partial charge in [0.25, 0.3) is 0 Å². The van der Waals surface area contributed by atoms with Crippen LogP contribution < -0.4 is 5.32 Å². The molecular weight excluding hydrogens is 344 g/mol. The Morgan fingerprint density at radius 2 is 1.78 bits per heavy atom. The van der Waals surface area contributed by atoms with Crippen molar-refractivity contribution in [1.82, 2.24) is 4.98 Å². The lowest BCUT2D eigenvalue weighted by atomic mass is 10.0. The molecule has 0 saturated heterocycles. The number of rotatable bonds is 6. The highest BCUT2D eigenvalue weighted by molar-refractivity contribution is 5.65. The number of hydrogen-bond donors (Lipinski definition) is 2. The van der Waals surface area contributed by atoms with E-state index in [1.165, 1.54) is 12.3 Å². The molecule has 7 nitrogen and oxygen atoms in total. The van der Waals surface area contributed by atoms with E-state index >= 15 is 0 Å². The van der Waals surface area contributed by atoms with Gasteiger partial charge >= 0.3 is 5.69 Å². The summed E-state index contributed by atoms with van der Waals surface area (Å²) in [7, 11) is 0. The molecule has 7 heteroatoms. The van der Waals surface area contributed by atoms with Gasteiger partial charge in [-0.2, -0.15) is 5.26 Å². The maximum absolute atomic E-state index is 11.2. The first-order chi connectivity index (χ1) is 13.1. The third-order valence-corrected chi connectivity index (χ3v) is 4.09. The average molecular weight is 360 g/mol. The number of nitriles is 1. The first-order valence-corrected chi connectivity index (χ1v) is 8.21. The van der Waals surface area contributed by atoms with Crippen molar-refractivity contribution in [3.63, 3.8) is 0 Å². The van der Waals surface area contributed by atoms with Crippen LogP contribution in [-0.2, 0) is 0 Å². The van der Waals surface area contributed by atoms with Crippen molar-refractivity contribution in [3.05, 3.63) is 88.1 Å². The van der Waals surface area contributed by atoms with Gasteiger partial charge in [-0.25, -0.2) is 4.98 Å². The molecular formula is C20H16N4O3. The molecule has 1 heterocycles. The predicted molar refractivity (Wildman–Crippen MR) is 101 cm³/mol. The van der Waals surface area contributed by atoms with Crippen LogP contribution in [0, 0.1) is 21.4 Å². The van der Waals surface area contributed by atoms with E-state index < -0.39 is 16.7 Å². The van der Waals surface area contributed by atoms with Gasteiger partial charge in [-0.1, -0.05) is 54.6 Å². The van der Waals surface area contributed by atoms with Gasteiger partial charge in [-0.05, 0) is 22.8 Å². The van der Waals surface area contributed by atoms with Gasteiger partial charge in [-0.3, -0.25) is 10.1 Å². The number of benzene rings is 2. The highest BCUT2D eigenvalue weighted by Gasteiger charge is 2.21. The van der Waals surface area contributed by atoms with E-state index in [2.05, 4.69) is 10.3 Å². The Balaban J connectivity index is 1.73. The molecule has 1 atom stereocenters. The molecule has 0 bridgehead atoms. The van der Waals surface area contributed by atoms with Crippen LogP contribution in [-0.4, -0.2) is 21.6 Å². The number of aliphatic hydroxyl groups is 1. The number of aromatic nitrogens is 1. The Kier molecular flexibility index (Phi) is 5.40. The molecule has 0 spiro atoms. The highest BCUT2D eigenvalue weighted by atomic mass is 16.6. The third kappa shape index (κ3) is 4.08. The van der Waals surface area contributed by atoms with Crippen LogP contribution in [0.5, 0.6) is 0 Å². The molecule has 2 aromatic carbocycles. The summed E-state index contributed by atoms with van der Waals surface area (Å²) in [5.41, 5.74) is 2.29. The number of nitrogens with one attached hydrogen (secondary N) is 1. The fraction of sp³-hybridized carbons (Fsp3) is 0.100. The van der Waals surface area contributed by atoms with E-state index in [1.807, 2.05) is 54.6 Å². The Morgan fingerprint density at radius 1 is 1.11 bits per heavy atom. The van der Waals surface area contributed by atoms with Crippen LogP contribution in [0.15, 0.2) is 66.9 Å². The minimum atomic E-state index is -0.887. The molecule has 27 heavy (non-hydrogen) atoms. The number of hydrogen-bond acceptors (Lipinski definition) is 6. The standard InChI is InChI=1S/C20H16N4O3/c21-12-17-10-11-22-20(19(17)24(26)27)23-13-18(25)16-8-6-15(7-9-16)14-4-2-1-3-5-14/h1-11,18,25H,13H2,(H,22,23). The molecule has 0 aliphatic carbocycles. The number of aliphatic hydroxyl groups excluding tert-OH is 1. The van der Waals surface area contributed by atoms with Crippen molar-refractivity contribution in [2.45, 2.75) is 6.10 Å². The zero-order valence-corrected chi connectivity index (χ0v) is 14.2. The molecule has 0 amide bonds. The van der Waals surface area contributed by atoms with Gasteiger partial charge in [0.1, 0.15) is 11.6 Å². The molecule has 0 saturated carbocycles. The first-order valence-electron chi connectivity index (χ1n) is 8.21. The molecule has 3 aromatic rings. The van der Waals surface area contributed by atoms with Crippen LogP contribution in [0.1, 0.15) is 17.2 Å². The van der Waals surface area contributed by atoms with Crippen molar-refractivity contribution in [2.24, 2.45) is 0 Å². The van der Waals surface area contributed by atoms with Gasteiger partial charge in [0.2, 0.25) is 5.82 Å². The smallest absolute Gasteiger partial charge is 0.328 e. The summed E-state index contributed by atoms with van der Waals surface area (Å²) < 4.78 is 0. The van der Waals surface area contributed by atoms with E-state index in [9.17, 15) is 15.2 Å². The van der Waals surface area contributed by atoms with Gasteiger partial charge in [0, 0.05) is 12.7 Å². The summed E-state index contributed by atoms with van der Waals surface area (Å²) in [5, 5.41) is 33.3. The van der Waals surface area contributed by atoms with E-state index in [4.69, 9.17) is 5.26 Å². The van der Waals surface area contributed by atoms with Crippen LogP contribution in [0.4, 0.5) is 11.5 Å². The summed E-state index contributed by atoms with van der Waals surface area (Å²) in [6.45, 7) is 0.0212. The van der Waals surface area contributed by atoms with Crippen molar-refractivity contribution in [2.75, 3.05) is 11.9 Å². The highest BCUT2D eigenvalue weighted by Crippen LogP contribution is 2.27. The first kappa shape index (κ1) is 18.0. The van der Waals surface area contributed by atoms with Crippen molar-refractivity contribution in [1.29, 1.82) is 5.26 Å². The average Bonchev–Trinajstić information content (AvgIpc) is 2.72. The summed E-state index contributed by atoms with van der Waals surface area (Å²) in [6, 6.07) is 20.3. The van der Waals surface area contributed by atoms with E-state index in [0.29, 0.717) is 5.56 Å². The zero-order chi connectivity index (χ0) is 19.2. The zero-order valence-electron chi connectivity index (χ0n) is 14.2. The summed E-state index contributed by atoms with van der Waals surface area (Å²) in [4.78, 5) is 14.5. The van der Waals surface area contributed by atoms with E-state index in [-0.39, 0.29) is 17.9 Å². The quantitative estimate of drug-likeness (QED) is 0.512. The summed E-state index contributed by atoms with van der Waals surface area (Å²) in [5.74, 6) is -0.0426. The Bertz CT molecular complexity index is 982. The fourth-order valence-corrected chi connectivity index (χ4v) is 2.70. The number of nitrogens with zero attached hydrogens (tertiary/aromatic N) is 3. The van der Waals surface area contributed by atoms with Crippen LogP contribution in [0.2, 0.25) is 0 Å². The van der Waals surface area contributed by atoms with Crippen LogP contribution in [0.3, 0.4) is 0 Å². The predicted octanol–water partition coefficient (Wildman–Crippen LogP) is 3.67. The Hall–Kier alpha value is -3.76. The van der Waals surface area contributed by atoms with Crippen molar-refractivity contribution < 1.29 is 10.0 Å². The minimum Gasteiger partial charge on any atom is -0.387 e. The molecule has 1 unspecified atom stereocenters. The number of nitro groups is 1. The largest absolute Gasteiger partial charge is 0.387 e. The molecule has 0 fully saturated rings. The molecule has 3 rings (SSSR count). The second-order valence-electron chi connectivity index (χ2n) is 5.81. The van der Waals surface area contributed by atoms with Gasteiger partial charge in [0.15, 0.2) is 0 Å². The lowest BCUT2D eigenvalue weighted by Gasteiger charge is -2.13. The number of anilines is 1. The number of pyridine rings is 1. The molecule has 2 N–H and O–H groups in total. The van der Waals surface area contributed by atoms with Gasteiger partial charge in [-0.15, -0.1) is 0 Å². The van der Waals surface area contributed by atoms with Crippen molar-refractivity contribution >= 4 is 11.5 Å². The molecule has 134 valence electrons. The lowest BCUT2D eigenvalue weighted by Crippen LogP contribution is -2.14. The molecule has 0 aliphatic rings. The van der Waals surface area contributed by atoms with Gasteiger partial charge in [0.05, 0.1) is 11.0 Å². The topological polar surface area (TPSA) is 112 Å². The Labute approximate surface area is 155 Å². The van der Waals surface area contributed by atoms with E-state index in [1.54, 1.807) is 6.07 Å². The fourth-order valence-electron chi connectivity index (χ4n) is 2.70. The maximum Gasteiger partial charge on any atom is 0.328 e. The normalized spacial score (nSPS) is 11.4. The van der Waals surface area contributed by atoms with Crippen LogP contribution in [0.25, 0.3) is 11.1 Å².